The maximum atomic E-state index is 10.6. The predicted octanol–water partition coefficient (Wildman–Crippen LogP) is -0.999. The highest BCUT2D eigenvalue weighted by molar-refractivity contribution is 7.84. The van der Waals surface area contributed by atoms with E-state index in [1.165, 1.54) is 4.90 Å². The summed E-state index contributed by atoms with van der Waals surface area (Å²) in [7, 11) is 0.830. The van der Waals surface area contributed by atoms with Crippen LogP contribution in [-0.4, -0.2) is 45.9 Å². The van der Waals surface area contributed by atoms with Crippen LogP contribution in [0.2, 0.25) is 0 Å². The van der Waals surface area contributed by atoms with Crippen molar-refractivity contribution in [2.75, 3.05) is 25.6 Å². The van der Waals surface area contributed by atoms with E-state index >= 15 is 0 Å². The zero-order chi connectivity index (χ0) is 8.85. The molecule has 0 saturated carbocycles. The maximum absolute atomic E-state index is 10.6. The lowest BCUT2D eigenvalue weighted by Gasteiger charge is -2.14. The first-order chi connectivity index (χ1) is 5.07. The quantitative estimate of drug-likeness (QED) is 0.252. The van der Waals surface area contributed by atoms with E-state index in [1.54, 1.807) is 13.3 Å². The number of hydrogen-bond donors (Lipinski definition) is 2. The van der Waals surface area contributed by atoms with Crippen LogP contribution in [-0.2, 0) is 10.8 Å². The largest absolute Gasteiger partial charge is 0.408 e. The minimum absolute atomic E-state index is 0.0375. The molecule has 0 aliphatic heterocycles. The summed E-state index contributed by atoms with van der Waals surface area (Å²) in [5.74, 6) is 0.558. The zero-order valence-electron chi connectivity index (χ0n) is 6.65. The standard InChI is InChI=1S/C5H13N3O2S/c1-8(5(6)7-9)3-4-11(2)10/h9H,3-4H2,1-2H3,(H2,6,7). The van der Waals surface area contributed by atoms with Gasteiger partial charge in [0.05, 0.1) is 0 Å². The molecule has 0 aromatic carbocycles. The third-order valence-electron chi connectivity index (χ3n) is 1.21. The van der Waals surface area contributed by atoms with E-state index in [4.69, 9.17) is 10.9 Å². The molecule has 0 amide bonds. The highest BCUT2D eigenvalue weighted by atomic mass is 32.2. The number of hydrogen-bond acceptors (Lipinski definition) is 3. The summed E-state index contributed by atoms with van der Waals surface area (Å²) in [4.78, 5) is 1.53. The van der Waals surface area contributed by atoms with Gasteiger partial charge in [0.2, 0.25) is 5.96 Å². The molecule has 0 aliphatic carbocycles. The summed E-state index contributed by atoms with van der Waals surface area (Å²) in [6, 6.07) is 0. The first-order valence-corrected chi connectivity index (χ1v) is 4.79. The lowest BCUT2D eigenvalue weighted by molar-refractivity contribution is 0.306. The topological polar surface area (TPSA) is 78.9 Å². The summed E-state index contributed by atoms with van der Waals surface area (Å²) in [5, 5.41) is 11.0. The Kier molecular flexibility index (Phi) is 4.60. The average Bonchev–Trinajstić information content (AvgIpc) is 1.98. The van der Waals surface area contributed by atoms with Crippen LogP contribution >= 0.6 is 0 Å². The van der Waals surface area contributed by atoms with Gasteiger partial charge in [0.1, 0.15) is 0 Å². The van der Waals surface area contributed by atoms with Crippen LogP contribution in [0.5, 0.6) is 0 Å². The van der Waals surface area contributed by atoms with Crippen LogP contribution in [0.15, 0.2) is 5.16 Å². The molecule has 1 unspecified atom stereocenters. The van der Waals surface area contributed by atoms with Gasteiger partial charge in [-0.05, 0) is 0 Å². The Balaban J connectivity index is 3.69. The molecule has 1 atom stereocenters. The van der Waals surface area contributed by atoms with Crippen LogP contribution in [0, 0.1) is 0 Å². The van der Waals surface area contributed by atoms with Gasteiger partial charge in [-0.1, -0.05) is 5.16 Å². The number of oxime groups is 1. The fourth-order valence-corrected chi connectivity index (χ4v) is 0.987. The molecule has 66 valence electrons. The highest BCUT2D eigenvalue weighted by Crippen LogP contribution is 1.83. The van der Waals surface area contributed by atoms with E-state index in [1.807, 2.05) is 0 Å². The molecule has 5 nitrogen and oxygen atoms in total. The Hall–Kier alpha value is -0.780. The minimum atomic E-state index is -0.839. The van der Waals surface area contributed by atoms with Crippen molar-refractivity contribution in [2.24, 2.45) is 10.9 Å². The van der Waals surface area contributed by atoms with Gasteiger partial charge in [0, 0.05) is 36.4 Å². The summed E-state index contributed by atoms with van der Waals surface area (Å²) in [6.45, 7) is 0.527. The van der Waals surface area contributed by atoms with Crippen LogP contribution in [0.25, 0.3) is 0 Å². The minimum Gasteiger partial charge on any atom is -0.408 e. The van der Waals surface area contributed by atoms with Crippen LogP contribution in [0.4, 0.5) is 0 Å². The van der Waals surface area contributed by atoms with Crippen molar-refractivity contribution < 1.29 is 9.42 Å². The molecule has 0 rings (SSSR count). The van der Waals surface area contributed by atoms with Crippen molar-refractivity contribution in [3.63, 3.8) is 0 Å². The third-order valence-corrected chi connectivity index (χ3v) is 1.97. The first kappa shape index (κ1) is 10.2. The first-order valence-electron chi connectivity index (χ1n) is 3.06. The van der Waals surface area contributed by atoms with Gasteiger partial charge in [-0.15, -0.1) is 0 Å². The van der Waals surface area contributed by atoms with Crippen molar-refractivity contribution in [2.45, 2.75) is 0 Å². The molecule has 0 radical (unpaired) electrons. The summed E-state index contributed by atoms with van der Waals surface area (Å²) < 4.78 is 10.6. The Morgan fingerprint density at radius 1 is 1.82 bits per heavy atom. The average molecular weight is 179 g/mol. The fraction of sp³-hybridized carbons (Fsp3) is 0.800. The molecule has 0 aliphatic rings. The van der Waals surface area contributed by atoms with Gasteiger partial charge in [-0.2, -0.15) is 0 Å². The Morgan fingerprint density at radius 2 is 2.36 bits per heavy atom. The molecule has 0 saturated heterocycles. The van der Waals surface area contributed by atoms with Gasteiger partial charge < -0.3 is 15.8 Å². The summed E-state index contributed by atoms with van der Waals surface area (Å²) in [6.07, 6.45) is 1.61. The van der Waals surface area contributed by atoms with Crippen LogP contribution in [0.1, 0.15) is 0 Å². The third kappa shape index (κ3) is 4.60. The van der Waals surface area contributed by atoms with E-state index < -0.39 is 10.8 Å². The Bertz CT molecular complexity index is 171. The highest BCUT2D eigenvalue weighted by Gasteiger charge is 2.01. The van der Waals surface area contributed by atoms with Gasteiger partial charge in [0.15, 0.2) is 0 Å². The Morgan fingerprint density at radius 3 is 2.73 bits per heavy atom. The molecular formula is C5H13N3O2S. The summed E-state index contributed by atoms with van der Waals surface area (Å²) >= 11 is 0. The molecule has 0 spiro atoms. The molecule has 0 fully saturated rings. The molecule has 0 aromatic rings. The van der Waals surface area contributed by atoms with Crippen molar-refractivity contribution in [1.82, 2.24) is 4.90 Å². The molecule has 11 heavy (non-hydrogen) atoms. The van der Waals surface area contributed by atoms with Crippen molar-refractivity contribution in [3.05, 3.63) is 0 Å². The zero-order valence-corrected chi connectivity index (χ0v) is 7.47. The number of nitrogens with zero attached hydrogens (tertiary/aromatic N) is 2. The molecule has 0 heterocycles. The van der Waals surface area contributed by atoms with Gasteiger partial charge in [-0.3, -0.25) is 4.21 Å². The fourth-order valence-electron chi connectivity index (χ4n) is 0.456. The lowest BCUT2D eigenvalue weighted by Crippen LogP contribution is -2.36. The van der Waals surface area contributed by atoms with E-state index in [-0.39, 0.29) is 5.96 Å². The number of nitrogens with two attached hydrogens (primary N) is 1. The molecule has 0 aromatic heterocycles. The normalized spacial score (nSPS) is 14.5. The Labute approximate surface area is 68.3 Å². The molecule has 6 heteroatoms. The SMILES string of the molecule is CN(CCS(C)=O)/C(N)=N/O. The molecular weight excluding hydrogens is 166 g/mol. The van der Waals surface area contributed by atoms with E-state index in [0.717, 1.165) is 0 Å². The van der Waals surface area contributed by atoms with Gasteiger partial charge in [-0.25, -0.2) is 0 Å². The second-order valence-electron chi connectivity index (χ2n) is 2.16. The number of guanidine groups is 1. The van der Waals surface area contributed by atoms with Crippen molar-refractivity contribution in [3.8, 4) is 0 Å². The second-order valence-corrected chi connectivity index (χ2v) is 3.71. The van der Waals surface area contributed by atoms with Crippen LogP contribution in [0.3, 0.4) is 0 Å². The monoisotopic (exact) mass is 179 g/mol. The molecule has 0 bridgehead atoms. The second kappa shape index (κ2) is 4.95. The van der Waals surface area contributed by atoms with Crippen molar-refractivity contribution >= 4 is 16.8 Å². The van der Waals surface area contributed by atoms with Gasteiger partial charge in [0.25, 0.3) is 0 Å². The van der Waals surface area contributed by atoms with Gasteiger partial charge >= 0.3 is 0 Å². The van der Waals surface area contributed by atoms with E-state index in [0.29, 0.717) is 12.3 Å². The lowest BCUT2D eigenvalue weighted by atomic mass is 10.6. The predicted molar refractivity (Wildman–Crippen MR) is 45.0 cm³/mol. The number of rotatable bonds is 3. The smallest absolute Gasteiger partial charge is 0.233 e. The maximum Gasteiger partial charge on any atom is 0.233 e. The van der Waals surface area contributed by atoms with E-state index in [9.17, 15) is 4.21 Å². The van der Waals surface area contributed by atoms with Crippen LogP contribution < -0.4 is 5.73 Å². The summed E-state index contributed by atoms with van der Waals surface area (Å²) in [5.41, 5.74) is 5.23. The molecule has 3 N–H and O–H groups in total. The van der Waals surface area contributed by atoms with E-state index in [2.05, 4.69) is 5.16 Å². The van der Waals surface area contributed by atoms with Crippen molar-refractivity contribution in [1.29, 1.82) is 0 Å².